The molecule has 128 valence electrons. The van der Waals surface area contributed by atoms with Crippen LogP contribution in [0.4, 0.5) is 11.4 Å². The van der Waals surface area contributed by atoms with Crippen molar-refractivity contribution in [3.05, 3.63) is 48.3 Å². The largest absolute Gasteiger partial charge is 0.354 e. The van der Waals surface area contributed by atoms with E-state index in [2.05, 4.69) is 15.1 Å². The Hall–Kier alpha value is -2.45. The minimum absolute atomic E-state index is 0.0426. The summed E-state index contributed by atoms with van der Waals surface area (Å²) in [4.78, 5) is 17.1. The number of hydrazine groups is 1. The third-order valence-corrected chi connectivity index (χ3v) is 4.62. The van der Waals surface area contributed by atoms with Gasteiger partial charge < -0.3 is 5.32 Å². The molecule has 24 heavy (non-hydrogen) atoms. The lowest BCUT2D eigenvalue weighted by Gasteiger charge is -2.22. The van der Waals surface area contributed by atoms with E-state index in [4.69, 9.17) is 0 Å². The highest BCUT2D eigenvalue weighted by Gasteiger charge is 2.23. The standard InChI is InChI=1S/C16H20N4O3S/c1-12(2)20(11-21)19-24(22,23)16-10-17-8-7-15(16)18-14-6-4-5-13(3)9-14/h4-12,19H,1-3H3,(H,17,18). The number of hydrogen-bond donors (Lipinski definition) is 2. The van der Waals surface area contributed by atoms with Gasteiger partial charge in [0, 0.05) is 24.1 Å². The van der Waals surface area contributed by atoms with Crippen LogP contribution in [0, 0.1) is 6.92 Å². The van der Waals surface area contributed by atoms with E-state index in [9.17, 15) is 13.2 Å². The second kappa shape index (κ2) is 7.41. The Labute approximate surface area is 141 Å². The first-order chi connectivity index (χ1) is 11.3. The van der Waals surface area contributed by atoms with Crippen molar-refractivity contribution in [2.75, 3.05) is 5.32 Å². The van der Waals surface area contributed by atoms with Gasteiger partial charge in [0.05, 0.1) is 5.69 Å². The van der Waals surface area contributed by atoms with Crippen LogP contribution in [0.3, 0.4) is 0 Å². The van der Waals surface area contributed by atoms with Crippen LogP contribution in [0.5, 0.6) is 0 Å². The summed E-state index contributed by atoms with van der Waals surface area (Å²) < 4.78 is 25.2. The maximum atomic E-state index is 12.6. The first-order valence-corrected chi connectivity index (χ1v) is 8.85. The number of nitrogens with zero attached hydrogens (tertiary/aromatic N) is 2. The highest BCUT2D eigenvalue weighted by atomic mass is 32.2. The van der Waals surface area contributed by atoms with Crippen LogP contribution in [0.1, 0.15) is 19.4 Å². The summed E-state index contributed by atoms with van der Waals surface area (Å²) in [5.74, 6) is 0. The molecule has 2 aromatic rings. The van der Waals surface area contributed by atoms with E-state index in [0.29, 0.717) is 12.1 Å². The fourth-order valence-corrected chi connectivity index (χ4v) is 3.25. The number of sulfonamides is 1. The van der Waals surface area contributed by atoms with Gasteiger partial charge in [0.1, 0.15) is 4.90 Å². The van der Waals surface area contributed by atoms with Gasteiger partial charge >= 0.3 is 0 Å². The number of anilines is 2. The van der Waals surface area contributed by atoms with Crippen molar-refractivity contribution in [3.63, 3.8) is 0 Å². The molecule has 0 bridgehead atoms. The van der Waals surface area contributed by atoms with Gasteiger partial charge in [-0.1, -0.05) is 12.1 Å². The summed E-state index contributed by atoms with van der Waals surface area (Å²) in [6.45, 7) is 5.35. The number of nitrogens with one attached hydrogen (secondary N) is 2. The van der Waals surface area contributed by atoms with Gasteiger partial charge in [-0.2, -0.15) is 0 Å². The molecule has 0 radical (unpaired) electrons. The van der Waals surface area contributed by atoms with Gasteiger partial charge in [0.25, 0.3) is 10.0 Å². The van der Waals surface area contributed by atoms with Crippen LogP contribution < -0.4 is 10.1 Å². The van der Waals surface area contributed by atoms with Crippen LogP contribution in [0.25, 0.3) is 0 Å². The van der Waals surface area contributed by atoms with Crippen molar-refractivity contribution in [1.29, 1.82) is 0 Å². The molecule has 2 rings (SSSR count). The van der Waals surface area contributed by atoms with Crippen LogP contribution in [-0.2, 0) is 14.8 Å². The molecule has 0 unspecified atom stereocenters. The lowest BCUT2D eigenvalue weighted by molar-refractivity contribution is -0.121. The van der Waals surface area contributed by atoms with Gasteiger partial charge in [0.2, 0.25) is 6.41 Å². The molecule has 0 atom stereocenters. The molecule has 0 aliphatic rings. The molecular weight excluding hydrogens is 328 g/mol. The van der Waals surface area contributed by atoms with Crippen molar-refractivity contribution in [1.82, 2.24) is 14.8 Å². The first-order valence-electron chi connectivity index (χ1n) is 7.37. The van der Waals surface area contributed by atoms with E-state index in [1.165, 1.54) is 12.4 Å². The maximum absolute atomic E-state index is 12.6. The zero-order valence-electron chi connectivity index (χ0n) is 13.7. The molecule has 1 amide bonds. The topological polar surface area (TPSA) is 91.4 Å². The van der Waals surface area contributed by atoms with Crippen molar-refractivity contribution in [2.45, 2.75) is 31.7 Å². The van der Waals surface area contributed by atoms with E-state index >= 15 is 0 Å². The Morgan fingerprint density at radius 2 is 2.00 bits per heavy atom. The average Bonchev–Trinajstić information content (AvgIpc) is 2.53. The van der Waals surface area contributed by atoms with Gasteiger partial charge in [0.15, 0.2) is 0 Å². The molecule has 0 aliphatic heterocycles. The summed E-state index contributed by atoms with van der Waals surface area (Å²) in [6.07, 6.45) is 3.17. The zero-order valence-corrected chi connectivity index (χ0v) is 14.5. The van der Waals surface area contributed by atoms with E-state index in [-0.39, 0.29) is 10.9 Å². The Morgan fingerprint density at radius 3 is 2.62 bits per heavy atom. The molecule has 0 saturated heterocycles. The van der Waals surface area contributed by atoms with E-state index < -0.39 is 10.0 Å². The number of hydrogen-bond acceptors (Lipinski definition) is 5. The number of rotatable bonds is 7. The van der Waals surface area contributed by atoms with Crippen LogP contribution in [0.15, 0.2) is 47.6 Å². The molecule has 7 nitrogen and oxygen atoms in total. The number of amides is 1. The molecule has 2 N–H and O–H groups in total. The van der Waals surface area contributed by atoms with E-state index in [0.717, 1.165) is 16.3 Å². The van der Waals surface area contributed by atoms with Crippen LogP contribution >= 0.6 is 0 Å². The zero-order chi connectivity index (χ0) is 17.7. The minimum atomic E-state index is -3.96. The predicted molar refractivity (Wildman–Crippen MR) is 92.1 cm³/mol. The van der Waals surface area contributed by atoms with Crippen molar-refractivity contribution in [2.24, 2.45) is 0 Å². The lowest BCUT2D eigenvalue weighted by atomic mass is 10.2. The van der Waals surface area contributed by atoms with Gasteiger partial charge in [-0.25, -0.2) is 8.42 Å². The normalized spacial score (nSPS) is 11.3. The number of aromatic nitrogens is 1. The second-order valence-electron chi connectivity index (χ2n) is 5.57. The first kappa shape index (κ1) is 17.9. The smallest absolute Gasteiger partial charge is 0.261 e. The molecule has 0 fully saturated rings. The highest BCUT2D eigenvalue weighted by molar-refractivity contribution is 7.89. The van der Waals surface area contributed by atoms with Crippen molar-refractivity contribution in [3.8, 4) is 0 Å². The molecule has 0 spiro atoms. The quantitative estimate of drug-likeness (QED) is 0.591. The van der Waals surface area contributed by atoms with Crippen LogP contribution in [0.2, 0.25) is 0 Å². The van der Waals surface area contributed by atoms with Crippen LogP contribution in [-0.4, -0.2) is 30.9 Å². The molecule has 1 aromatic heterocycles. The van der Waals surface area contributed by atoms with Gasteiger partial charge in [-0.15, -0.1) is 4.83 Å². The van der Waals surface area contributed by atoms with Gasteiger partial charge in [-0.3, -0.25) is 14.8 Å². The Bertz CT molecular complexity index is 822. The minimum Gasteiger partial charge on any atom is -0.354 e. The average molecular weight is 348 g/mol. The number of benzene rings is 1. The summed E-state index contributed by atoms with van der Waals surface area (Å²) in [7, 11) is -3.96. The molecule has 0 aliphatic carbocycles. The summed E-state index contributed by atoms with van der Waals surface area (Å²) in [5.41, 5.74) is 2.18. The van der Waals surface area contributed by atoms with E-state index in [1.807, 2.05) is 31.2 Å². The summed E-state index contributed by atoms with van der Waals surface area (Å²) in [6, 6.07) is 8.80. The molecule has 0 saturated carbocycles. The molecule has 8 heteroatoms. The molecular formula is C16H20N4O3S. The highest BCUT2D eigenvalue weighted by Crippen LogP contribution is 2.24. The lowest BCUT2D eigenvalue weighted by Crippen LogP contribution is -2.45. The number of carbonyl (C=O) groups excluding carboxylic acids is 1. The van der Waals surface area contributed by atoms with Crippen molar-refractivity contribution < 1.29 is 13.2 Å². The van der Waals surface area contributed by atoms with Crippen molar-refractivity contribution >= 4 is 27.8 Å². The number of pyridine rings is 1. The maximum Gasteiger partial charge on any atom is 0.261 e. The third-order valence-electron chi connectivity index (χ3n) is 3.27. The molecule has 1 aromatic carbocycles. The summed E-state index contributed by atoms with van der Waals surface area (Å²) in [5, 5.41) is 4.06. The Kier molecular flexibility index (Phi) is 5.53. The fourth-order valence-electron chi connectivity index (χ4n) is 2.01. The SMILES string of the molecule is Cc1cccc(Nc2ccncc2S(=O)(=O)NN(C=O)C(C)C)c1. The predicted octanol–water partition coefficient (Wildman–Crippen LogP) is 2.19. The second-order valence-corrected chi connectivity index (χ2v) is 7.20. The van der Waals surface area contributed by atoms with E-state index in [1.54, 1.807) is 19.9 Å². The Balaban J connectivity index is 2.35. The fraction of sp³-hybridized carbons (Fsp3) is 0.250. The monoisotopic (exact) mass is 348 g/mol. The number of aryl methyl sites for hydroxylation is 1. The summed E-state index contributed by atoms with van der Waals surface area (Å²) >= 11 is 0. The van der Waals surface area contributed by atoms with Gasteiger partial charge in [-0.05, 0) is 44.5 Å². The Morgan fingerprint density at radius 1 is 1.25 bits per heavy atom. The third kappa shape index (κ3) is 4.30. The molecule has 1 heterocycles. The number of carbonyl (C=O) groups is 1.